The minimum Gasteiger partial charge on any atom is -0.493 e. The van der Waals surface area contributed by atoms with Crippen molar-refractivity contribution in [3.8, 4) is 0 Å². The molecule has 2 aliphatic carbocycles. The molecule has 3 nitrogen and oxygen atoms in total. The number of hydrogen-bond donors (Lipinski definition) is 0. The van der Waals surface area contributed by atoms with E-state index in [4.69, 9.17) is 4.74 Å². The number of ketones is 2. The van der Waals surface area contributed by atoms with Crippen LogP contribution in [0.25, 0.3) is 0 Å². The number of hydrogen-bond acceptors (Lipinski definition) is 3. The summed E-state index contributed by atoms with van der Waals surface area (Å²) in [5, 5.41) is 0. The van der Waals surface area contributed by atoms with Gasteiger partial charge in [0.25, 0.3) is 0 Å². The highest BCUT2D eigenvalue weighted by Gasteiger charge is 2.49. The molecular weight excluding hydrogens is 192 g/mol. The van der Waals surface area contributed by atoms with Crippen LogP contribution in [0.2, 0.25) is 0 Å². The lowest BCUT2D eigenvalue weighted by atomic mass is 9.63. The van der Waals surface area contributed by atoms with Crippen molar-refractivity contribution in [1.29, 1.82) is 0 Å². The van der Waals surface area contributed by atoms with Crippen molar-refractivity contribution >= 4 is 11.6 Å². The third kappa shape index (κ3) is 1.34. The summed E-state index contributed by atoms with van der Waals surface area (Å²) in [6.45, 7) is 1.85. The number of ether oxygens (including phenoxy) is 1. The van der Waals surface area contributed by atoms with E-state index in [0.717, 1.165) is 0 Å². The van der Waals surface area contributed by atoms with Crippen LogP contribution < -0.4 is 0 Å². The second kappa shape index (κ2) is 3.33. The molecule has 0 aromatic carbocycles. The van der Waals surface area contributed by atoms with Gasteiger partial charge in [-0.2, -0.15) is 0 Å². The average molecular weight is 206 g/mol. The summed E-state index contributed by atoms with van der Waals surface area (Å²) in [5.74, 6) is -0.0276. The first-order valence-corrected chi connectivity index (χ1v) is 5.09. The van der Waals surface area contributed by atoms with E-state index in [-0.39, 0.29) is 23.2 Å². The van der Waals surface area contributed by atoms with Gasteiger partial charge in [0.1, 0.15) is 0 Å². The Hall–Kier alpha value is -1.38. The maximum Gasteiger partial charge on any atom is 0.204 e. The van der Waals surface area contributed by atoms with Gasteiger partial charge in [0.05, 0.1) is 7.11 Å². The molecule has 0 aromatic rings. The maximum absolute atomic E-state index is 12.1. The van der Waals surface area contributed by atoms with Gasteiger partial charge in [-0.1, -0.05) is 19.1 Å². The summed E-state index contributed by atoms with van der Waals surface area (Å²) in [6, 6.07) is 0. The lowest BCUT2D eigenvalue weighted by molar-refractivity contribution is -0.139. The Morgan fingerprint density at radius 1 is 1.40 bits per heavy atom. The van der Waals surface area contributed by atoms with Gasteiger partial charge in [0, 0.05) is 17.4 Å². The molecule has 0 spiro atoms. The molecule has 2 atom stereocenters. The lowest BCUT2D eigenvalue weighted by Gasteiger charge is -2.38. The quantitative estimate of drug-likeness (QED) is 0.612. The SMILES string of the molecule is COC1=CC(=O)[C@H]2CC=CC[C@]2(C)C1=O. The molecule has 0 fully saturated rings. The number of carbonyl (C=O) groups is 2. The van der Waals surface area contributed by atoms with Crippen LogP contribution in [-0.4, -0.2) is 18.7 Å². The second-order valence-electron chi connectivity index (χ2n) is 4.33. The molecule has 0 radical (unpaired) electrons. The minimum absolute atomic E-state index is 0.0123. The van der Waals surface area contributed by atoms with Gasteiger partial charge in [-0.15, -0.1) is 0 Å². The Balaban J connectivity index is 2.46. The number of rotatable bonds is 1. The molecule has 0 amide bonds. The molecule has 0 bridgehead atoms. The lowest BCUT2D eigenvalue weighted by Crippen LogP contribution is -2.45. The molecular formula is C12H14O3. The van der Waals surface area contributed by atoms with Crippen molar-refractivity contribution in [2.75, 3.05) is 7.11 Å². The third-order valence-corrected chi connectivity index (χ3v) is 3.43. The molecule has 0 aliphatic heterocycles. The first-order chi connectivity index (χ1) is 7.09. The number of Topliss-reactive ketones (excluding diaryl/α,β-unsaturated/α-hetero) is 1. The fourth-order valence-electron chi connectivity index (χ4n) is 2.37. The van der Waals surface area contributed by atoms with Gasteiger partial charge in [-0.3, -0.25) is 9.59 Å². The summed E-state index contributed by atoms with van der Waals surface area (Å²) < 4.78 is 4.95. The topological polar surface area (TPSA) is 43.4 Å². The Labute approximate surface area is 88.8 Å². The summed E-state index contributed by atoms with van der Waals surface area (Å²) in [4.78, 5) is 23.9. The van der Waals surface area contributed by atoms with E-state index in [1.807, 2.05) is 19.1 Å². The van der Waals surface area contributed by atoms with Crippen LogP contribution >= 0.6 is 0 Å². The van der Waals surface area contributed by atoms with Gasteiger partial charge < -0.3 is 4.74 Å². The molecule has 0 heterocycles. The number of carbonyl (C=O) groups excluding carboxylic acids is 2. The summed E-state index contributed by atoms with van der Waals surface area (Å²) in [5.41, 5.74) is -0.591. The van der Waals surface area contributed by atoms with Gasteiger partial charge in [-0.05, 0) is 12.8 Å². The third-order valence-electron chi connectivity index (χ3n) is 3.43. The van der Waals surface area contributed by atoms with Crippen molar-refractivity contribution in [2.24, 2.45) is 11.3 Å². The number of fused-ring (bicyclic) bond motifs is 1. The highest BCUT2D eigenvalue weighted by atomic mass is 16.5. The molecule has 0 saturated carbocycles. The smallest absolute Gasteiger partial charge is 0.204 e. The van der Waals surface area contributed by atoms with Crippen LogP contribution in [0, 0.1) is 11.3 Å². The van der Waals surface area contributed by atoms with E-state index >= 15 is 0 Å². The average Bonchev–Trinajstić information content (AvgIpc) is 2.24. The highest BCUT2D eigenvalue weighted by molar-refractivity contribution is 6.11. The van der Waals surface area contributed by atoms with E-state index in [0.29, 0.717) is 12.8 Å². The Bertz CT molecular complexity index is 378. The van der Waals surface area contributed by atoms with Gasteiger partial charge in [-0.25, -0.2) is 0 Å². The van der Waals surface area contributed by atoms with Crippen LogP contribution in [0.4, 0.5) is 0 Å². The normalized spacial score (nSPS) is 34.8. The second-order valence-corrected chi connectivity index (χ2v) is 4.33. The molecule has 2 rings (SSSR count). The summed E-state index contributed by atoms with van der Waals surface area (Å²) in [6.07, 6.45) is 6.58. The van der Waals surface area contributed by atoms with Crippen LogP contribution in [0.1, 0.15) is 19.8 Å². The monoisotopic (exact) mass is 206 g/mol. The first-order valence-electron chi connectivity index (χ1n) is 5.09. The minimum atomic E-state index is -0.591. The van der Waals surface area contributed by atoms with Crippen LogP contribution in [-0.2, 0) is 14.3 Å². The zero-order valence-electron chi connectivity index (χ0n) is 8.95. The van der Waals surface area contributed by atoms with Gasteiger partial charge in [0.15, 0.2) is 11.5 Å². The van der Waals surface area contributed by atoms with Crippen LogP contribution in [0.5, 0.6) is 0 Å². The van der Waals surface area contributed by atoms with E-state index < -0.39 is 5.41 Å². The Kier molecular flexibility index (Phi) is 2.25. The van der Waals surface area contributed by atoms with E-state index in [1.165, 1.54) is 13.2 Å². The Morgan fingerprint density at radius 2 is 2.13 bits per heavy atom. The largest absolute Gasteiger partial charge is 0.493 e. The van der Waals surface area contributed by atoms with Crippen molar-refractivity contribution < 1.29 is 14.3 Å². The van der Waals surface area contributed by atoms with Crippen molar-refractivity contribution in [3.05, 3.63) is 24.0 Å². The Morgan fingerprint density at radius 3 is 2.80 bits per heavy atom. The maximum atomic E-state index is 12.1. The first kappa shape index (κ1) is 10.1. The zero-order chi connectivity index (χ0) is 11.1. The molecule has 2 aliphatic rings. The molecule has 80 valence electrons. The zero-order valence-corrected chi connectivity index (χ0v) is 8.95. The summed E-state index contributed by atoms with van der Waals surface area (Å²) in [7, 11) is 1.43. The van der Waals surface area contributed by atoms with Crippen molar-refractivity contribution in [2.45, 2.75) is 19.8 Å². The molecule has 0 saturated heterocycles. The van der Waals surface area contributed by atoms with Crippen LogP contribution in [0.3, 0.4) is 0 Å². The van der Waals surface area contributed by atoms with Gasteiger partial charge in [0.2, 0.25) is 5.78 Å². The van der Waals surface area contributed by atoms with E-state index in [9.17, 15) is 9.59 Å². The van der Waals surface area contributed by atoms with E-state index in [2.05, 4.69) is 0 Å². The van der Waals surface area contributed by atoms with Crippen molar-refractivity contribution in [3.63, 3.8) is 0 Å². The number of methoxy groups -OCH3 is 1. The fourth-order valence-corrected chi connectivity index (χ4v) is 2.37. The van der Waals surface area contributed by atoms with Crippen molar-refractivity contribution in [1.82, 2.24) is 0 Å². The molecule has 0 aromatic heterocycles. The summed E-state index contributed by atoms with van der Waals surface area (Å²) >= 11 is 0. The molecule has 3 heteroatoms. The van der Waals surface area contributed by atoms with Gasteiger partial charge >= 0.3 is 0 Å². The predicted molar refractivity (Wildman–Crippen MR) is 55.1 cm³/mol. The fraction of sp³-hybridized carbons (Fsp3) is 0.500. The number of allylic oxidation sites excluding steroid dienone is 4. The highest BCUT2D eigenvalue weighted by Crippen LogP contribution is 2.43. The predicted octanol–water partition coefficient (Wildman–Crippen LogP) is 1.64. The molecule has 0 N–H and O–H groups in total. The van der Waals surface area contributed by atoms with Crippen LogP contribution in [0.15, 0.2) is 24.0 Å². The molecule has 0 unspecified atom stereocenters. The van der Waals surface area contributed by atoms with E-state index in [1.54, 1.807) is 0 Å². The molecule has 15 heavy (non-hydrogen) atoms. The standard InChI is InChI=1S/C12H14O3/c1-12-6-4-3-5-8(12)9(13)7-10(15-2)11(12)14/h3-4,7-8H,5-6H2,1-2H3/t8-,12+/m1/s1.